The van der Waals surface area contributed by atoms with Crippen molar-refractivity contribution in [2.75, 3.05) is 11.9 Å². The highest BCUT2D eigenvalue weighted by atomic mass is 35.5. The molecule has 0 radical (unpaired) electrons. The van der Waals surface area contributed by atoms with E-state index in [1.165, 1.54) is 4.90 Å². The lowest BCUT2D eigenvalue weighted by molar-refractivity contribution is -0.142. The number of carbonyl (C=O) groups is 3. The molecule has 0 aromatic heterocycles. The molecule has 0 aliphatic carbocycles. The van der Waals surface area contributed by atoms with Crippen LogP contribution in [0.4, 0.5) is 10.5 Å². The summed E-state index contributed by atoms with van der Waals surface area (Å²) in [5.74, 6) is -1.30. The zero-order chi connectivity index (χ0) is 30.2. The van der Waals surface area contributed by atoms with E-state index < -0.39 is 35.6 Å². The first-order valence-electron chi connectivity index (χ1n) is 13.9. The minimum atomic E-state index is -1.19. The van der Waals surface area contributed by atoms with E-state index in [0.717, 1.165) is 12.0 Å². The van der Waals surface area contributed by atoms with Crippen LogP contribution in [0.3, 0.4) is 0 Å². The van der Waals surface area contributed by atoms with Gasteiger partial charge in [-0.1, -0.05) is 75.5 Å². The Balaban J connectivity index is 2.65. The lowest BCUT2D eigenvalue weighted by atomic mass is 9.94. The van der Waals surface area contributed by atoms with Crippen LogP contribution in [0.25, 0.3) is 0 Å². The molecule has 0 bridgehead atoms. The van der Waals surface area contributed by atoms with E-state index in [1.807, 2.05) is 33.8 Å². The number of ether oxygens (including phenoxy) is 1. The first-order chi connectivity index (χ1) is 18.7. The van der Waals surface area contributed by atoms with Crippen LogP contribution in [0.15, 0.2) is 36.4 Å². The molecule has 9 heteroatoms. The maximum atomic E-state index is 14.3. The molecule has 0 aliphatic rings. The number of nitrogens with one attached hydrogen (secondary N) is 2. The van der Waals surface area contributed by atoms with E-state index in [0.29, 0.717) is 29.1 Å². The van der Waals surface area contributed by atoms with Gasteiger partial charge in [-0.2, -0.15) is 0 Å². The van der Waals surface area contributed by atoms with E-state index in [2.05, 4.69) is 10.6 Å². The van der Waals surface area contributed by atoms with Crippen molar-refractivity contribution in [2.24, 2.45) is 5.92 Å². The van der Waals surface area contributed by atoms with E-state index >= 15 is 0 Å². The van der Waals surface area contributed by atoms with Crippen molar-refractivity contribution in [2.45, 2.75) is 92.3 Å². The number of nitrogens with zero attached hydrogens (tertiary/aromatic N) is 1. The van der Waals surface area contributed by atoms with Crippen LogP contribution in [-0.4, -0.2) is 46.1 Å². The lowest BCUT2D eigenvalue weighted by Gasteiger charge is -2.36. The molecule has 0 saturated carbocycles. The normalized spacial score (nSPS) is 13.6. The Bertz CT molecular complexity index is 1170. The van der Waals surface area contributed by atoms with Gasteiger partial charge >= 0.3 is 6.09 Å². The highest BCUT2D eigenvalue weighted by molar-refractivity contribution is 6.34. The van der Waals surface area contributed by atoms with Crippen LogP contribution < -0.4 is 10.6 Å². The summed E-state index contributed by atoms with van der Waals surface area (Å²) in [6.07, 6.45) is 1.24. The van der Waals surface area contributed by atoms with Gasteiger partial charge < -0.3 is 25.4 Å². The molecule has 220 valence electrons. The Labute approximate surface area is 243 Å². The molecule has 3 atom stereocenters. The van der Waals surface area contributed by atoms with E-state index in [-0.39, 0.29) is 23.8 Å². The summed E-state index contributed by atoms with van der Waals surface area (Å²) >= 11 is 6.42. The van der Waals surface area contributed by atoms with E-state index in [9.17, 15) is 19.5 Å². The Morgan fingerprint density at radius 1 is 1.05 bits per heavy atom. The average molecular weight is 574 g/mol. The summed E-state index contributed by atoms with van der Waals surface area (Å²) in [5.41, 5.74) is 1.28. The Hall–Kier alpha value is -3.26. The minimum absolute atomic E-state index is 0.0759. The molecule has 0 fully saturated rings. The van der Waals surface area contributed by atoms with Gasteiger partial charge in [0.15, 0.2) is 0 Å². The lowest BCUT2D eigenvalue weighted by Crippen LogP contribution is -2.55. The van der Waals surface area contributed by atoms with Crippen LogP contribution >= 0.6 is 11.6 Å². The number of rotatable bonds is 11. The second-order valence-corrected chi connectivity index (χ2v) is 11.6. The number of para-hydroxylation sites is 2. The zero-order valence-electron chi connectivity index (χ0n) is 24.9. The molecule has 0 saturated heterocycles. The van der Waals surface area contributed by atoms with Crippen LogP contribution in [0, 0.1) is 19.8 Å². The fourth-order valence-corrected chi connectivity index (χ4v) is 4.60. The number of amides is 3. The van der Waals surface area contributed by atoms with Crippen LogP contribution in [0.5, 0.6) is 5.75 Å². The van der Waals surface area contributed by atoms with Crippen LogP contribution in [0.1, 0.15) is 83.5 Å². The van der Waals surface area contributed by atoms with E-state index in [1.54, 1.807) is 58.0 Å². The number of aromatic hydroxyl groups is 1. The molecule has 3 N–H and O–H groups in total. The van der Waals surface area contributed by atoms with Crippen molar-refractivity contribution < 1.29 is 24.2 Å². The first-order valence-corrected chi connectivity index (χ1v) is 14.2. The van der Waals surface area contributed by atoms with Gasteiger partial charge in [-0.15, -0.1) is 0 Å². The number of hydrogen-bond acceptors (Lipinski definition) is 5. The highest BCUT2D eigenvalue weighted by Crippen LogP contribution is 2.35. The Kier molecular flexibility index (Phi) is 11.9. The summed E-state index contributed by atoms with van der Waals surface area (Å²) < 4.78 is 5.45. The Morgan fingerprint density at radius 2 is 1.68 bits per heavy atom. The number of benzene rings is 2. The van der Waals surface area contributed by atoms with Gasteiger partial charge in [0.1, 0.15) is 23.4 Å². The molecule has 0 spiro atoms. The molecule has 3 unspecified atom stereocenters. The Morgan fingerprint density at radius 3 is 2.25 bits per heavy atom. The zero-order valence-corrected chi connectivity index (χ0v) is 25.7. The molecule has 8 nitrogen and oxygen atoms in total. The third kappa shape index (κ3) is 8.62. The number of aryl methyl sites for hydroxylation is 2. The number of hydrogen-bond donors (Lipinski definition) is 3. The number of unbranched alkanes of at least 4 members (excludes halogenated alkanes) is 1. The predicted octanol–water partition coefficient (Wildman–Crippen LogP) is 6.91. The third-order valence-corrected chi connectivity index (χ3v) is 7.10. The summed E-state index contributed by atoms with van der Waals surface area (Å²) in [7, 11) is 0. The molecule has 2 aromatic carbocycles. The largest absolute Gasteiger partial charge is 0.507 e. The molecule has 3 amide bonds. The van der Waals surface area contributed by atoms with Gasteiger partial charge in [0.2, 0.25) is 5.91 Å². The highest BCUT2D eigenvalue weighted by Gasteiger charge is 2.39. The summed E-state index contributed by atoms with van der Waals surface area (Å²) in [6.45, 7) is 14.8. The van der Waals surface area contributed by atoms with Crippen molar-refractivity contribution in [1.29, 1.82) is 0 Å². The smallest absolute Gasteiger partial charge is 0.408 e. The predicted molar refractivity (Wildman–Crippen MR) is 160 cm³/mol. The van der Waals surface area contributed by atoms with Crippen molar-refractivity contribution in [3.05, 3.63) is 58.1 Å². The summed E-state index contributed by atoms with van der Waals surface area (Å²) in [5, 5.41) is 17.1. The van der Waals surface area contributed by atoms with Crippen molar-refractivity contribution in [3.63, 3.8) is 0 Å². The topological polar surface area (TPSA) is 108 Å². The molecule has 2 rings (SSSR count). The summed E-state index contributed by atoms with van der Waals surface area (Å²) in [6, 6.07) is 8.24. The number of carbonyl (C=O) groups excluding carboxylic acids is 3. The van der Waals surface area contributed by atoms with Gasteiger partial charge in [-0.05, 0) is 64.2 Å². The fraction of sp³-hybridized carbons (Fsp3) is 0.516. The maximum absolute atomic E-state index is 14.3. The first kappa shape index (κ1) is 32.9. The number of phenols is 1. The SMILES string of the molecule is CCCCN(C(=O)C(NC(=O)OC(C)(C)C)C(C)CC)C(C(=O)Nc1c(C)cccc1Cl)c1cccc(C)c1O. The number of anilines is 1. The molecule has 40 heavy (non-hydrogen) atoms. The second kappa shape index (κ2) is 14.4. The van der Waals surface area contributed by atoms with Crippen molar-refractivity contribution >= 4 is 35.2 Å². The summed E-state index contributed by atoms with van der Waals surface area (Å²) in [4.78, 5) is 42.6. The fourth-order valence-electron chi connectivity index (χ4n) is 4.33. The minimum Gasteiger partial charge on any atom is -0.507 e. The van der Waals surface area contributed by atoms with Crippen molar-refractivity contribution in [3.8, 4) is 5.75 Å². The number of halogens is 1. The van der Waals surface area contributed by atoms with Gasteiger partial charge in [0.25, 0.3) is 5.91 Å². The average Bonchev–Trinajstić information content (AvgIpc) is 2.87. The number of alkyl carbamates (subject to hydrolysis) is 1. The molecular formula is C31H44ClN3O5. The molecule has 0 heterocycles. The van der Waals surface area contributed by atoms with Crippen molar-refractivity contribution in [1.82, 2.24) is 10.2 Å². The maximum Gasteiger partial charge on any atom is 0.408 e. The van der Waals surface area contributed by atoms with E-state index in [4.69, 9.17) is 16.3 Å². The second-order valence-electron chi connectivity index (χ2n) is 11.2. The van der Waals surface area contributed by atoms with Gasteiger partial charge in [-0.3, -0.25) is 9.59 Å². The number of phenolic OH excluding ortho intramolecular Hbond substituents is 1. The monoisotopic (exact) mass is 573 g/mol. The third-order valence-electron chi connectivity index (χ3n) is 6.78. The van der Waals surface area contributed by atoms with Gasteiger partial charge in [0.05, 0.1) is 10.7 Å². The standard InChI is InChI=1S/C31H44ClN3O5/c1-9-11-18-35(29(38)25(19(3)10-2)34-30(39)40-31(6,7)8)26(22-16-12-15-21(5)27(22)36)28(37)33-24-20(4)14-13-17-23(24)32/h12-17,19,25-26,36H,9-11,18H2,1-8H3,(H,33,37)(H,34,39). The molecule has 2 aromatic rings. The quantitative estimate of drug-likeness (QED) is 0.271. The molecular weight excluding hydrogens is 530 g/mol. The van der Waals surface area contributed by atoms with Crippen LogP contribution in [-0.2, 0) is 14.3 Å². The van der Waals surface area contributed by atoms with Gasteiger partial charge in [-0.25, -0.2) is 4.79 Å². The van der Waals surface area contributed by atoms with Gasteiger partial charge in [0, 0.05) is 12.1 Å². The van der Waals surface area contributed by atoms with Crippen LogP contribution in [0.2, 0.25) is 5.02 Å². The molecule has 0 aliphatic heterocycles.